The monoisotopic (exact) mass is 683 g/mol. The first-order valence-corrected chi connectivity index (χ1v) is 16.9. The number of amides is 2. The number of nitrogens with one attached hydrogen (secondary N) is 1. The smallest absolute Gasteiger partial charge is 0.261 e. The Hall–Kier alpha value is -3.88. The maximum atomic E-state index is 14.5. The van der Waals surface area contributed by atoms with Gasteiger partial charge in [0.1, 0.15) is 17.9 Å². The lowest BCUT2D eigenvalue weighted by Crippen LogP contribution is -2.47. The van der Waals surface area contributed by atoms with E-state index in [2.05, 4.69) is 20.3 Å². The van der Waals surface area contributed by atoms with Gasteiger partial charge >= 0.3 is 0 Å². The van der Waals surface area contributed by atoms with Crippen molar-refractivity contribution in [2.24, 2.45) is 0 Å². The van der Waals surface area contributed by atoms with Crippen molar-refractivity contribution in [2.45, 2.75) is 49.2 Å². The van der Waals surface area contributed by atoms with Gasteiger partial charge in [-0.1, -0.05) is 47.5 Å². The van der Waals surface area contributed by atoms with E-state index in [1.165, 1.54) is 32.4 Å². The van der Waals surface area contributed by atoms with Crippen LogP contribution in [0, 0.1) is 0 Å². The number of hydrogen-bond donors (Lipinski definition) is 2. The molecule has 0 spiro atoms. The predicted molar refractivity (Wildman–Crippen MR) is 172 cm³/mol. The quantitative estimate of drug-likeness (QED) is 0.239. The maximum Gasteiger partial charge on any atom is 0.261 e. The second kappa shape index (κ2) is 12.7. The fraction of sp³-hybridized carbons (Fsp3) is 0.323. The predicted octanol–water partition coefficient (Wildman–Crippen LogP) is 3.93. The van der Waals surface area contributed by atoms with Crippen LogP contribution in [0.25, 0.3) is 11.1 Å². The fourth-order valence-corrected chi connectivity index (χ4v) is 8.45. The van der Waals surface area contributed by atoms with Crippen LogP contribution in [0.3, 0.4) is 0 Å². The van der Waals surface area contributed by atoms with E-state index < -0.39 is 33.4 Å². The molecule has 2 unspecified atom stereocenters. The topological polar surface area (TPSA) is 151 Å². The lowest BCUT2D eigenvalue weighted by molar-refractivity contribution is -0.125. The summed E-state index contributed by atoms with van der Waals surface area (Å²) >= 11 is 12.6. The standard InChI is InChI=1S/C31H31Cl2N7O5S/c1-31(15-20-5-7-21(8-6-20)22-16-34-19-35-17-22)29(43)39(25-13-23(32)12-24(33)14-25)30-37-18-27(40(30)31)46(44,45)38-10-2-4-26(38)28(42)36-9-3-11-41/h5-8,12-14,16-19,26,41H,2-4,9-11,15H2,1H3,(H,36,42). The first-order valence-electron chi connectivity index (χ1n) is 14.7. The van der Waals surface area contributed by atoms with Crippen molar-refractivity contribution in [3.63, 3.8) is 0 Å². The molecule has 2 atom stereocenters. The molecule has 12 nitrogen and oxygen atoms in total. The molecule has 0 aliphatic carbocycles. The molecule has 2 aromatic carbocycles. The third-order valence-electron chi connectivity index (χ3n) is 8.28. The Morgan fingerprint density at radius 1 is 1.07 bits per heavy atom. The first-order chi connectivity index (χ1) is 22.0. The largest absolute Gasteiger partial charge is 0.396 e. The normalized spacial score (nSPS) is 19.9. The molecular weight excluding hydrogens is 653 g/mol. The minimum absolute atomic E-state index is 0.0885. The SMILES string of the molecule is CC1(Cc2ccc(-c3cncnc3)cc2)C(=O)N(c2cc(Cl)cc(Cl)c2)c2ncc(S(=O)(=O)N3CCCC3C(=O)NCCCO)n21. The zero-order chi connectivity index (χ0) is 32.6. The van der Waals surface area contributed by atoms with Gasteiger partial charge in [0.15, 0.2) is 5.03 Å². The van der Waals surface area contributed by atoms with Gasteiger partial charge in [0.2, 0.25) is 11.9 Å². The molecule has 2 aliphatic rings. The number of rotatable bonds is 10. The second-order valence-corrected chi connectivity index (χ2v) is 14.1. The van der Waals surface area contributed by atoms with Crippen LogP contribution < -0.4 is 10.2 Å². The highest BCUT2D eigenvalue weighted by Crippen LogP contribution is 2.45. The van der Waals surface area contributed by atoms with E-state index in [0.717, 1.165) is 16.7 Å². The van der Waals surface area contributed by atoms with E-state index in [1.807, 2.05) is 24.3 Å². The molecule has 6 rings (SSSR count). The average molecular weight is 685 g/mol. The molecule has 4 heterocycles. The number of nitrogens with zero attached hydrogens (tertiary/aromatic N) is 6. The van der Waals surface area contributed by atoms with Crippen molar-refractivity contribution in [2.75, 3.05) is 24.6 Å². The number of fused-ring (bicyclic) bond motifs is 1. The van der Waals surface area contributed by atoms with Crippen LogP contribution >= 0.6 is 23.2 Å². The van der Waals surface area contributed by atoms with Gasteiger partial charge in [-0.25, -0.2) is 28.3 Å². The van der Waals surface area contributed by atoms with Crippen LogP contribution in [0.1, 0.15) is 31.7 Å². The van der Waals surface area contributed by atoms with Gasteiger partial charge in [-0.2, -0.15) is 4.31 Å². The number of anilines is 2. The third kappa shape index (κ3) is 5.77. The van der Waals surface area contributed by atoms with Gasteiger partial charge in [0, 0.05) is 54.1 Å². The van der Waals surface area contributed by atoms with E-state index in [1.54, 1.807) is 31.5 Å². The molecule has 4 aromatic rings. The Kier molecular flexibility index (Phi) is 8.87. The highest BCUT2D eigenvalue weighted by atomic mass is 35.5. The van der Waals surface area contributed by atoms with Crippen LogP contribution in [-0.2, 0) is 31.6 Å². The molecule has 1 saturated heterocycles. The van der Waals surface area contributed by atoms with Crippen molar-refractivity contribution in [3.05, 3.63) is 83.0 Å². The Bertz CT molecular complexity index is 1870. The van der Waals surface area contributed by atoms with Gasteiger partial charge in [-0.15, -0.1) is 0 Å². The number of halogens is 2. The molecule has 2 amide bonds. The summed E-state index contributed by atoms with van der Waals surface area (Å²) in [6, 6.07) is 11.3. The number of hydrogen-bond acceptors (Lipinski definition) is 8. The van der Waals surface area contributed by atoms with Crippen LogP contribution in [0.2, 0.25) is 10.0 Å². The molecule has 2 N–H and O–H groups in total. The van der Waals surface area contributed by atoms with Crippen molar-refractivity contribution < 1.29 is 23.1 Å². The summed E-state index contributed by atoms with van der Waals surface area (Å²) in [5, 5.41) is 12.2. The van der Waals surface area contributed by atoms with Crippen LogP contribution in [-0.4, -0.2) is 74.9 Å². The lowest BCUT2D eigenvalue weighted by Gasteiger charge is -2.29. The Morgan fingerprint density at radius 3 is 2.43 bits per heavy atom. The number of benzene rings is 2. The summed E-state index contributed by atoms with van der Waals surface area (Å²) in [7, 11) is -4.32. The zero-order valence-electron chi connectivity index (χ0n) is 24.8. The molecule has 15 heteroatoms. The summed E-state index contributed by atoms with van der Waals surface area (Å²) in [5.41, 5.74) is 1.37. The molecule has 0 radical (unpaired) electrons. The van der Waals surface area contributed by atoms with Gasteiger partial charge < -0.3 is 10.4 Å². The Labute approximate surface area is 276 Å². The number of carbonyl (C=O) groups excluding carboxylic acids is 2. The maximum absolute atomic E-state index is 14.5. The molecule has 240 valence electrons. The van der Waals surface area contributed by atoms with Crippen molar-refractivity contribution >= 4 is 56.7 Å². The van der Waals surface area contributed by atoms with Crippen LogP contribution in [0.5, 0.6) is 0 Å². The third-order valence-corrected chi connectivity index (χ3v) is 10.6. The second-order valence-electron chi connectivity index (χ2n) is 11.4. The molecule has 2 aromatic heterocycles. The summed E-state index contributed by atoms with van der Waals surface area (Å²) in [4.78, 5) is 41.4. The summed E-state index contributed by atoms with van der Waals surface area (Å²) in [5.74, 6) is -0.773. The molecule has 1 fully saturated rings. The first kappa shape index (κ1) is 32.1. The van der Waals surface area contributed by atoms with Crippen LogP contribution in [0.4, 0.5) is 11.6 Å². The van der Waals surface area contributed by atoms with Crippen molar-refractivity contribution in [3.8, 4) is 11.1 Å². The molecule has 2 aliphatic heterocycles. The number of imidazole rings is 1. The van der Waals surface area contributed by atoms with Gasteiger partial charge in [-0.3, -0.25) is 14.2 Å². The van der Waals surface area contributed by atoms with E-state index in [0.29, 0.717) is 35.0 Å². The molecular formula is C31H31Cl2N7O5S. The Morgan fingerprint density at radius 2 is 1.76 bits per heavy atom. The summed E-state index contributed by atoms with van der Waals surface area (Å²) in [6.45, 7) is 1.93. The number of aromatic nitrogens is 4. The molecule has 0 bridgehead atoms. The summed E-state index contributed by atoms with van der Waals surface area (Å²) < 4.78 is 31.3. The van der Waals surface area contributed by atoms with Gasteiger partial charge in [0.25, 0.3) is 15.9 Å². The van der Waals surface area contributed by atoms with E-state index in [-0.39, 0.29) is 37.1 Å². The number of carbonyl (C=O) groups is 2. The number of aliphatic hydroxyl groups is 1. The zero-order valence-corrected chi connectivity index (χ0v) is 27.1. The minimum atomic E-state index is -4.32. The van der Waals surface area contributed by atoms with Gasteiger partial charge in [-0.05, 0) is 55.5 Å². The average Bonchev–Trinajstić information content (AvgIpc) is 3.75. The fourth-order valence-electron chi connectivity index (χ4n) is 6.09. The highest BCUT2D eigenvalue weighted by molar-refractivity contribution is 7.89. The van der Waals surface area contributed by atoms with Gasteiger partial charge in [0.05, 0.1) is 11.9 Å². The highest BCUT2D eigenvalue weighted by Gasteiger charge is 2.53. The summed E-state index contributed by atoms with van der Waals surface area (Å²) in [6.07, 6.45) is 7.38. The number of sulfonamides is 1. The molecule has 46 heavy (non-hydrogen) atoms. The minimum Gasteiger partial charge on any atom is -0.396 e. The molecule has 0 saturated carbocycles. The van der Waals surface area contributed by atoms with E-state index in [4.69, 9.17) is 28.3 Å². The number of aliphatic hydroxyl groups excluding tert-OH is 1. The van der Waals surface area contributed by atoms with E-state index >= 15 is 0 Å². The van der Waals surface area contributed by atoms with Crippen molar-refractivity contribution in [1.29, 1.82) is 0 Å². The van der Waals surface area contributed by atoms with Crippen molar-refractivity contribution in [1.82, 2.24) is 29.1 Å². The van der Waals surface area contributed by atoms with E-state index in [9.17, 15) is 18.0 Å². The van der Waals surface area contributed by atoms with Crippen LogP contribution in [0.15, 0.2) is 72.4 Å². The lowest BCUT2D eigenvalue weighted by atomic mass is 9.91. The Balaban J connectivity index is 1.42.